The van der Waals surface area contributed by atoms with Gasteiger partial charge in [0.05, 0.1) is 6.04 Å². The summed E-state index contributed by atoms with van der Waals surface area (Å²) in [5, 5.41) is 2.71. The lowest BCUT2D eigenvalue weighted by Crippen LogP contribution is -2.52. The molecule has 26 heavy (non-hydrogen) atoms. The van der Waals surface area contributed by atoms with Gasteiger partial charge >= 0.3 is 6.03 Å². The van der Waals surface area contributed by atoms with Crippen molar-refractivity contribution in [1.82, 2.24) is 20.1 Å². The minimum Gasteiger partial charge on any atom is -0.361 e. The summed E-state index contributed by atoms with van der Waals surface area (Å²) in [6, 6.07) is -1.18. The standard InChI is InChI=1S/C20H25FN4O/c1-4-25(5-2)20(26)23-13-9-14-17(24(3)11-13)8-12-10-22-16-7-6-15(21)19(14)18(12)16/h6-7,9-10,13,17,22H,4-5,8,11H2,1-3H3,(H,23,26)/t13-,17+/m0/s1/i1D3,2D3,3D3,4D2,5D2. The summed E-state index contributed by atoms with van der Waals surface area (Å²) < 4.78 is 116. The molecule has 2 amide bonds. The maximum Gasteiger partial charge on any atom is 0.317 e. The number of aromatic nitrogens is 1. The van der Waals surface area contributed by atoms with Crippen LogP contribution in [0.2, 0.25) is 0 Å². The summed E-state index contributed by atoms with van der Waals surface area (Å²) in [5.41, 5.74) is 1.58. The summed E-state index contributed by atoms with van der Waals surface area (Å²) in [6.07, 6.45) is 3.20. The van der Waals surface area contributed by atoms with E-state index in [1.165, 1.54) is 18.2 Å². The molecule has 138 valence electrons. The lowest BCUT2D eigenvalue weighted by atomic mass is 9.81. The predicted octanol–water partition coefficient (Wildman–Crippen LogP) is 2.98. The monoisotopic (exact) mass is 369 g/mol. The molecule has 0 fully saturated rings. The number of hydrogen-bond acceptors (Lipinski definition) is 2. The van der Waals surface area contributed by atoms with Crippen LogP contribution in [0.4, 0.5) is 9.18 Å². The number of urea groups is 1. The minimum atomic E-state index is -3.79. The topological polar surface area (TPSA) is 51.4 Å². The lowest BCUT2D eigenvalue weighted by Gasteiger charge is -2.40. The Balaban J connectivity index is 1.82. The number of aromatic amines is 1. The summed E-state index contributed by atoms with van der Waals surface area (Å²) in [4.78, 5) is 16.8. The number of carbonyl (C=O) groups is 1. The first-order valence-electron chi connectivity index (χ1n) is 14.5. The molecule has 0 saturated carbocycles. The van der Waals surface area contributed by atoms with E-state index in [0.29, 0.717) is 16.5 Å². The summed E-state index contributed by atoms with van der Waals surface area (Å²) in [7, 11) is 0. The number of halogens is 1. The van der Waals surface area contributed by atoms with Crippen LogP contribution in [0.5, 0.6) is 0 Å². The molecule has 0 spiro atoms. The number of rotatable bonds is 3. The Kier molecular flexibility index (Phi) is 1.91. The average molecular weight is 370 g/mol. The van der Waals surface area contributed by atoms with Crippen molar-refractivity contribution in [3.05, 3.63) is 41.3 Å². The molecule has 1 aliphatic heterocycles. The first kappa shape index (κ1) is 7.72. The second-order valence-corrected chi connectivity index (χ2v) is 6.27. The molecule has 2 aliphatic rings. The van der Waals surface area contributed by atoms with Gasteiger partial charge in [-0.3, -0.25) is 4.90 Å². The minimum absolute atomic E-state index is 0.0979. The Hall–Kier alpha value is -2.34. The summed E-state index contributed by atoms with van der Waals surface area (Å²) >= 11 is 0. The van der Waals surface area contributed by atoms with Gasteiger partial charge in [-0.25, -0.2) is 9.18 Å². The molecule has 0 saturated heterocycles. The van der Waals surface area contributed by atoms with Gasteiger partial charge in [0, 0.05) is 66.1 Å². The van der Waals surface area contributed by atoms with E-state index in [4.69, 9.17) is 17.8 Å². The fourth-order valence-electron chi connectivity index (χ4n) is 3.72. The van der Waals surface area contributed by atoms with Gasteiger partial charge in [0.25, 0.3) is 0 Å². The van der Waals surface area contributed by atoms with Crippen molar-refractivity contribution in [2.45, 2.75) is 32.2 Å². The van der Waals surface area contributed by atoms with E-state index in [1.807, 2.05) is 0 Å². The van der Waals surface area contributed by atoms with Crippen LogP contribution >= 0.6 is 0 Å². The van der Waals surface area contributed by atoms with Crippen LogP contribution in [-0.4, -0.2) is 59.4 Å². The van der Waals surface area contributed by atoms with Crippen molar-refractivity contribution in [1.29, 1.82) is 0 Å². The molecule has 5 nitrogen and oxygen atoms in total. The highest BCUT2D eigenvalue weighted by molar-refractivity contribution is 5.98. The Labute approximate surface area is 171 Å². The van der Waals surface area contributed by atoms with E-state index in [9.17, 15) is 4.79 Å². The fraction of sp³-hybridized carbons (Fsp3) is 0.450. The fourth-order valence-corrected chi connectivity index (χ4v) is 3.72. The number of hydrogen-bond donors (Lipinski definition) is 2. The molecule has 1 aliphatic carbocycles. The number of amides is 2. The molecule has 1 aromatic carbocycles. The van der Waals surface area contributed by atoms with Crippen molar-refractivity contribution in [2.75, 3.05) is 26.5 Å². The number of nitrogens with one attached hydrogen (secondary N) is 2. The van der Waals surface area contributed by atoms with Crippen LogP contribution in [-0.2, 0) is 6.42 Å². The number of fused-ring (bicyclic) bond motifs is 2. The zero-order valence-corrected chi connectivity index (χ0v) is 13.6. The highest BCUT2D eigenvalue weighted by Gasteiger charge is 2.35. The number of nitrogens with zero attached hydrogens (tertiary/aromatic N) is 2. The van der Waals surface area contributed by atoms with Crippen LogP contribution in [0.15, 0.2) is 24.4 Å². The lowest BCUT2D eigenvalue weighted by molar-refractivity contribution is 0.193. The van der Waals surface area contributed by atoms with E-state index in [0.717, 1.165) is 4.90 Å². The van der Waals surface area contributed by atoms with E-state index in [1.54, 1.807) is 6.20 Å². The Morgan fingerprint density at radius 1 is 1.50 bits per heavy atom. The summed E-state index contributed by atoms with van der Waals surface area (Å²) in [6.45, 7) is -18.1. The molecule has 1 aromatic heterocycles. The van der Waals surface area contributed by atoms with Crippen molar-refractivity contribution >= 4 is 22.5 Å². The molecule has 4 rings (SSSR count). The molecule has 2 N–H and O–H groups in total. The molecular weight excluding hydrogens is 331 g/mol. The highest BCUT2D eigenvalue weighted by atomic mass is 19.1. The van der Waals surface area contributed by atoms with Gasteiger partial charge in [0.15, 0.2) is 0 Å². The average Bonchev–Trinajstić information content (AvgIpc) is 3.16. The SMILES string of the molecule is [2H]C([2H])([2H])N1C[C@@H](NC(=O)N(C([2H])([2H])C([2H])([2H])[2H])C([2H])([2H])C([2H])([2H])[2H])C=C2c3c(F)ccc4[nH]cc(c34)C[C@H]21. The molecule has 0 radical (unpaired) electrons. The van der Waals surface area contributed by atoms with E-state index in [-0.39, 0.29) is 17.6 Å². The first-order valence-corrected chi connectivity index (χ1v) is 7.97. The van der Waals surface area contributed by atoms with Crippen LogP contribution in [0.1, 0.15) is 42.7 Å². The van der Waals surface area contributed by atoms with Crippen molar-refractivity contribution < 1.29 is 27.0 Å². The second kappa shape index (κ2) is 6.43. The summed E-state index contributed by atoms with van der Waals surface area (Å²) in [5.74, 6) is -0.657. The van der Waals surface area contributed by atoms with Gasteiger partial charge in [0.1, 0.15) is 5.82 Å². The molecular formula is C20H25FN4O. The van der Waals surface area contributed by atoms with Gasteiger partial charge in [-0.2, -0.15) is 0 Å². The number of likely N-dealkylation sites (N-methyl/N-ethyl adjacent to an activating group) is 1. The van der Waals surface area contributed by atoms with E-state index in [2.05, 4.69) is 10.3 Å². The van der Waals surface area contributed by atoms with E-state index < -0.39 is 69.1 Å². The predicted molar refractivity (Wildman–Crippen MR) is 102 cm³/mol. The van der Waals surface area contributed by atoms with Crippen LogP contribution in [0.25, 0.3) is 16.5 Å². The normalized spacial score (nSPS) is 32.0. The van der Waals surface area contributed by atoms with Gasteiger partial charge in [-0.05, 0) is 50.4 Å². The van der Waals surface area contributed by atoms with Gasteiger partial charge in [-0.15, -0.1) is 0 Å². The smallest absolute Gasteiger partial charge is 0.317 e. The first-order chi connectivity index (χ1) is 17.6. The van der Waals surface area contributed by atoms with Gasteiger partial charge in [-0.1, -0.05) is 6.08 Å². The molecule has 0 bridgehead atoms. The Bertz CT molecular complexity index is 1300. The third-order valence-electron chi connectivity index (χ3n) is 4.82. The van der Waals surface area contributed by atoms with Crippen molar-refractivity contribution in [3.8, 4) is 0 Å². The zero-order chi connectivity index (χ0) is 29.5. The quantitative estimate of drug-likeness (QED) is 0.874. The molecule has 0 unspecified atom stereocenters. The number of H-pyrrole nitrogens is 1. The maximum atomic E-state index is 15.2. The number of benzene rings is 1. The third-order valence-corrected chi connectivity index (χ3v) is 4.82. The second-order valence-electron chi connectivity index (χ2n) is 6.27. The Morgan fingerprint density at radius 2 is 2.35 bits per heavy atom. The maximum absolute atomic E-state index is 15.2. The molecule has 2 heterocycles. The zero-order valence-electron chi connectivity index (χ0n) is 26.6. The molecule has 2 atom stereocenters. The third kappa shape index (κ3) is 2.60. The largest absolute Gasteiger partial charge is 0.361 e. The number of carbonyl (C=O) groups excluding carboxylic acids is 1. The molecule has 6 heteroatoms. The van der Waals surface area contributed by atoms with Crippen molar-refractivity contribution in [2.24, 2.45) is 0 Å². The van der Waals surface area contributed by atoms with E-state index >= 15 is 4.39 Å². The molecule has 2 aromatic rings. The van der Waals surface area contributed by atoms with Gasteiger partial charge in [0.2, 0.25) is 0 Å². The van der Waals surface area contributed by atoms with Crippen molar-refractivity contribution in [3.63, 3.8) is 0 Å². The van der Waals surface area contributed by atoms with Crippen LogP contribution in [0.3, 0.4) is 0 Å². The van der Waals surface area contributed by atoms with Crippen LogP contribution < -0.4 is 5.32 Å². The Morgan fingerprint density at radius 3 is 3.12 bits per heavy atom. The van der Waals surface area contributed by atoms with Gasteiger partial charge < -0.3 is 15.2 Å². The highest BCUT2D eigenvalue weighted by Crippen LogP contribution is 2.41. The van der Waals surface area contributed by atoms with Crippen LogP contribution in [0, 0.1) is 5.82 Å².